The number of aromatic nitrogens is 4. The van der Waals surface area contributed by atoms with Gasteiger partial charge in [0.2, 0.25) is 0 Å². The fourth-order valence-electron chi connectivity index (χ4n) is 2.47. The zero-order chi connectivity index (χ0) is 18.6. The van der Waals surface area contributed by atoms with Crippen molar-refractivity contribution in [3.63, 3.8) is 0 Å². The lowest BCUT2D eigenvalue weighted by molar-refractivity contribution is 0.102. The van der Waals surface area contributed by atoms with E-state index in [9.17, 15) is 4.79 Å². The first-order valence-electron chi connectivity index (χ1n) is 7.98. The predicted octanol–water partition coefficient (Wildman–Crippen LogP) is 4.67. The maximum atomic E-state index is 12.4. The van der Waals surface area contributed by atoms with Crippen molar-refractivity contribution >= 4 is 40.5 Å². The zero-order valence-corrected chi connectivity index (χ0v) is 16.3. The maximum absolute atomic E-state index is 12.4. The van der Waals surface area contributed by atoms with Gasteiger partial charge in [0.15, 0.2) is 16.8 Å². The summed E-state index contributed by atoms with van der Waals surface area (Å²) < 4.78 is 8.00. The Hall–Kier alpha value is -2.42. The molecule has 0 spiro atoms. The molecule has 6 nitrogen and oxygen atoms in total. The summed E-state index contributed by atoms with van der Waals surface area (Å²) in [5.74, 6) is 1.71. The summed E-state index contributed by atoms with van der Waals surface area (Å²) in [6, 6.07) is 11.0. The Labute approximate surface area is 168 Å². The number of halogens is 1. The Morgan fingerprint density at radius 3 is 2.85 bits per heavy atom. The first-order chi connectivity index (χ1) is 13.2. The lowest BCUT2D eigenvalue weighted by Gasteiger charge is -2.08. The molecule has 4 aromatic rings. The number of furan rings is 1. The number of thioether (sulfide) groups is 1. The Kier molecular flexibility index (Phi) is 5.38. The fraction of sp³-hybridized carbons (Fsp3) is 0.111. The van der Waals surface area contributed by atoms with Crippen LogP contribution < -0.4 is 0 Å². The molecule has 4 heterocycles. The molecular formula is C18H13ClN4O2S2. The normalized spacial score (nSPS) is 11.0. The highest BCUT2D eigenvalue weighted by Crippen LogP contribution is 2.27. The lowest BCUT2D eigenvalue weighted by Crippen LogP contribution is -2.06. The predicted molar refractivity (Wildman–Crippen MR) is 105 cm³/mol. The second-order valence-electron chi connectivity index (χ2n) is 5.53. The van der Waals surface area contributed by atoms with E-state index in [1.54, 1.807) is 30.8 Å². The summed E-state index contributed by atoms with van der Waals surface area (Å²) in [4.78, 5) is 17.2. The molecule has 0 amide bonds. The Bertz CT molecular complexity index is 1040. The van der Waals surface area contributed by atoms with Crippen LogP contribution in [0.5, 0.6) is 0 Å². The van der Waals surface area contributed by atoms with E-state index in [-0.39, 0.29) is 11.5 Å². The van der Waals surface area contributed by atoms with Crippen LogP contribution in [0, 0.1) is 0 Å². The molecule has 0 atom stereocenters. The molecule has 0 bridgehead atoms. The minimum atomic E-state index is 0.00683. The highest BCUT2D eigenvalue weighted by atomic mass is 35.5. The number of ketones is 1. The summed E-state index contributed by atoms with van der Waals surface area (Å²) in [5.41, 5.74) is 0.847. The number of carbonyl (C=O) groups excluding carboxylic acids is 1. The van der Waals surface area contributed by atoms with E-state index >= 15 is 0 Å². The third-order valence-electron chi connectivity index (χ3n) is 3.71. The Morgan fingerprint density at radius 2 is 2.15 bits per heavy atom. The van der Waals surface area contributed by atoms with Gasteiger partial charge in [-0.3, -0.25) is 14.3 Å². The van der Waals surface area contributed by atoms with Gasteiger partial charge in [0, 0.05) is 18.0 Å². The largest absolute Gasteiger partial charge is 0.467 e. The van der Waals surface area contributed by atoms with Crippen LogP contribution in [0.4, 0.5) is 0 Å². The van der Waals surface area contributed by atoms with E-state index in [2.05, 4.69) is 15.2 Å². The van der Waals surface area contributed by atoms with Gasteiger partial charge in [0.1, 0.15) is 5.76 Å². The van der Waals surface area contributed by atoms with Gasteiger partial charge < -0.3 is 4.42 Å². The number of thiophene rings is 1. The fourth-order valence-corrected chi connectivity index (χ4v) is 4.36. The van der Waals surface area contributed by atoms with Gasteiger partial charge in [-0.25, -0.2) is 0 Å². The average Bonchev–Trinajstić information content (AvgIpc) is 3.43. The lowest BCUT2D eigenvalue weighted by atomic mass is 10.2. The van der Waals surface area contributed by atoms with Crippen molar-refractivity contribution in [1.82, 2.24) is 19.7 Å². The number of carbonyl (C=O) groups is 1. The van der Waals surface area contributed by atoms with Crippen LogP contribution in [-0.2, 0) is 6.54 Å². The number of hydrogen-bond acceptors (Lipinski definition) is 7. The van der Waals surface area contributed by atoms with Gasteiger partial charge in [0.05, 0.1) is 27.8 Å². The second-order valence-corrected chi connectivity index (χ2v) is 8.19. The molecule has 9 heteroatoms. The van der Waals surface area contributed by atoms with Crippen LogP contribution in [-0.4, -0.2) is 31.3 Å². The molecule has 0 radical (unpaired) electrons. The molecule has 4 aromatic heterocycles. The van der Waals surface area contributed by atoms with Crippen molar-refractivity contribution in [2.75, 3.05) is 5.75 Å². The van der Waals surface area contributed by atoms with Crippen LogP contribution in [0.1, 0.15) is 15.4 Å². The molecule has 0 saturated carbocycles. The van der Waals surface area contributed by atoms with Crippen LogP contribution in [0.25, 0.3) is 11.4 Å². The minimum Gasteiger partial charge on any atom is -0.467 e. The number of hydrogen-bond donors (Lipinski definition) is 0. The molecule has 0 fully saturated rings. The van der Waals surface area contributed by atoms with Gasteiger partial charge in [-0.2, -0.15) is 0 Å². The van der Waals surface area contributed by atoms with Crippen molar-refractivity contribution < 1.29 is 9.21 Å². The van der Waals surface area contributed by atoms with E-state index in [4.69, 9.17) is 16.0 Å². The van der Waals surface area contributed by atoms with Gasteiger partial charge in [0.25, 0.3) is 0 Å². The first-order valence-corrected chi connectivity index (χ1v) is 10.2. The van der Waals surface area contributed by atoms with Crippen LogP contribution in [0.3, 0.4) is 0 Å². The monoisotopic (exact) mass is 416 g/mol. The molecule has 0 aliphatic heterocycles. The Balaban J connectivity index is 1.60. The topological polar surface area (TPSA) is 73.8 Å². The average molecular weight is 417 g/mol. The molecule has 0 unspecified atom stereocenters. The molecule has 0 aliphatic rings. The third-order valence-corrected chi connectivity index (χ3v) is 5.95. The summed E-state index contributed by atoms with van der Waals surface area (Å²) in [6.45, 7) is 0.464. The molecule has 27 heavy (non-hydrogen) atoms. The maximum Gasteiger partial charge on any atom is 0.192 e. The van der Waals surface area contributed by atoms with E-state index in [0.29, 0.717) is 26.7 Å². The van der Waals surface area contributed by atoms with Gasteiger partial charge in [-0.1, -0.05) is 23.4 Å². The highest BCUT2D eigenvalue weighted by molar-refractivity contribution is 7.99. The molecule has 0 aliphatic carbocycles. The van der Waals surface area contributed by atoms with Crippen molar-refractivity contribution in [1.29, 1.82) is 0 Å². The van der Waals surface area contributed by atoms with Crippen LogP contribution in [0.15, 0.2) is 64.6 Å². The Morgan fingerprint density at radius 1 is 1.22 bits per heavy atom. The quantitative estimate of drug-likeness (QED) is 0.322. The number of nitrogens with zero attached hydrogens (tertiary/aromatic N) is 4. The van der Waals surface area contributed by atoms with E-state index in [1.165, 1.54) is 23.1 Å². The van der Waals surface area contributed by atoms with E-state index in [1.807, 2.05) is 28.8 Å². The number of Topliss-reactive ketones (excluding diaryl/α,β-unsaturated/α-hetero) is 1. The summed E-state index contributed by atoms with van der Waals surface area (Å²) >= 11 is 8.53. The molecule has 136 valence electrons. The minimum absolute atomic E-state index is 0.00683. The second kappa shape index (κ2) is 8.08. The summed E-state index contributed by atoms with van der Waals surface area (Å²) in [6.07, 6.45) is 5.06. The van der Waals surface area contributed by atoms with Crippen molar-refractivity contribution in [3.8, 4) is 11.4 Å². The van der Waals surface area contributed by atoms with Crippen LogP contribution >= 0.6 is 34.7 Å². The molecule has 0 saturated heterocycles. The van der Waals surface area contributed by atoms with Gasteiger partial charge in [-0.15, -0.1) is 21.5 Å². The number of rotatable bonds is 7. The SMILES string of the molecule is O=C(CSc1nnc(-c2cccnc2)n1Cc1ccco1)c1ccc(Cl)s1. The summed E-state index contributed by atoms with van der Waals surface area (Å²) in [5, 5.41) is 9.22. The molecule has 0 aromatic carbocycles. The molecule has 0 N–H and O–H groups in total. The standard InChI is InChI=1S/C18H13ClN4O2S2/c19-16-6-5-15(27-16)14(24)11-26-18-22-21-17(12-3-1-7-20-9-12)23(18)10-13-4-2-8-25-13/h1-9H,10-11H2. The first kappa shape index (κ1) is 18.0. The highest BCUT2D eigenvalue weighted by Gasteiger charge is 2.18. The zero-order valence-electron chi connectivity index (χ0n) is 13.9. The van der Waals surface area contributed by atoms with Crippen molar-refractivity contribution in [2.24, 2.45) is 0 Å². The molecular weight excluding hydrogens is 404 g/mol. The van der Waals surface area contributed by atoms with E-state index in [0.717, 1.165) is 11.3 Å². The van der Waals surface area contributed by atoms with Crippen LogP contribution in [0.2, 0.25) is 4.34 Å². The van der Waals surface area contributed by atoms with E-state index < -0.39 is 0 Å². The van der Waals surface area contributed by atoms with Crippen molar-refractivity contribution in [3.05, 3.63) is 70.0 Å². The molecule has 4 rings (SSSR count). The van der Waals surface area contributed by atoms with Gasteiger partial charge >= 0.3 is 0 Å². The number of pyridine rings is 1. The smallest absolute Gasteiger partial charge is 0.192 e. The summed E-state index contributed by atoms with van der Waals surface area (Å²) in [7, 11) is 0. The third kappa shape index (κ3) is 4.13. The van der Waals surface area contributed by atoms with Crippen molar-refractivity contribution in [2.45, 2.75) is 11.7 Å². The van der Waals surface area contributed by atoms with Gasteiger partial charge in [-0.05, 0) is 36.4 Å².